The van der Waals surface area contributed by atoms with E-state index in [1.807, 2.05) is 6.92 Å². The number of carbonyl (C=O) groups is 3. The van der Waals surface area contributed by atoms with E-state index in [1.165, 1.54) is 6.07 Å². The third-order valence-electron chi connectivity index (χ3n) is 4.68. The van der Waals surface area contributed by atoms with Crippen LogP contribution in [0.15, 0.2) is 27.4 Å². The van der Waals surface area contributed by atoms with E-state index in [1.54, 1.807) is 19.1 Å². The van der Waals surface area contributed by atoms with Gasteiger partial charge in [-0.05, 0) is 43.9 Å². The molecule has 0 aliphatic carbocycles. The van der Waals surface area contributed by atoms with Crippen molar-refractivity contribution in [2.75, 3.05) is 13.2 Å². The van der Waals surface area contributed by atoms with Gasteiger partial charge >= 0.3 is 17.6 Å². The Morgan fingerprint density at radius 1 is 1.29 bits per heavy atom. The second kappa shape index (κ2) is 11.0. The van der Waals surface area contributed by atoms with Gasteiger partial charge in [-0.1, -0.05) is 13.3 Å². The standard InChI is InChI=1S/C21H27N3O7/c1-3-5-13-10-18(26)31-19-12(2)16(8-7-14(13)19)30-11-17(25)24-15(20(27)28)6-4-9-23-21(22)29/h7-8,10,15H,3-6,9,11H2,1-2H3,(H,24,25)(H,27,28)(H3,22,23,29)/t15-/m0/s1. The Labute approximate surface area is 178 Å². The number of primary amides is 1. The summed E-state index contributed by atoms with van der Waals surface area (Å²) in [6.45, 7) is 3.53. The molecule has 1 aromatic heterocycles. The van der Waals surface area contributed by atoms with Crippen LogP contribution in [-0.4, -0.2) is 42.2 Å². The van der Waals surface area contributed by atoms with Crippen molar-refractivity contribution in [3.05, 3.63) is 39.7 Å². The maximum Gasteiger partial charge on any atom is 0.336 e. The van der Waals surface area contributed by atoms with Gasteiger partial charge in [-0.25, -0.2) is 14.4 Å². The molecular weight excluding hydrogens is 406 g/mol. The number of carboxylic acid groups (broad SMARTS) is 1. The van der Waals surface area contributed by atoms with Crippen LogP contribution in [0.25, 0.3) is 11.0 Å². The van der Waals surface area contributed by atoms with Gasteiger partial charge in [-0.15, -0.1) is 0 Å². The van der Waals surface area contributed by atoms with Crippen LogP contribution in [0.2, 0.25) is 0 Å². The number of urea groups is 1. The fraction of sp³-hybridized carbons (Fsp3) is 0.429. The maximum atomic E-state index is 12.2. The first-order chi connectivity index (χ1) is 14.7. The van der Waals surface area contributed by atoms with Gasteiger partial charge in [-0.3, -0.25) is 4.79 Å². The molecule has 0 aliphatic heterocycles. The van der Waals surface area contributed by atoms with Crippen LogP contribution in [0.5, 0.6) is 5.75 Å². The number of rotatable bonds is 11. The summed E-state index contributed by atoms with van der Waals surface area (Å²) < 4.78 is 10.9. The van der Waals surface area contributed by atoms with Crippen molar-refractivity contribution >= 4 is 28.9 Å². The molecule has 1 aromatic carbocycles. The van der Waals surface area contributed by atoms with Gasteiger partial charge in [0.15, 0.2) is 6.61 Å². The van der Waals surface area contributed by atoms with Crippen molar-refractivity contribution in [3.8, 4) is 5.75 Å². The lowest BCUT2D eigenvalue weighted by molar-refractivity contribution is -0.142. The lowest BCUT2D eigenvalue weighted by Crippen LogP contribution is -2.43. The molecule has 0 saturated heterocycles. The summed E-state index contributed by atoms with van der Waals surface area (Å²) in [5.74, 6) is -1.45. The van der Waals surface area contributed by atoms with Gasteiger partial charge in [0.05, 0.1) is 0 Å². The van der Waals surface area contributed by atoms with E-state index in [9.17, 15) is 24.3 Å². The highest BCUT2D eigenvalue weighted by molar-refractivity contribution is 5.86. The normalized spacial score (nSPS) is 11.7. The van der Waals surface area contributed by atoms with Crippen molar-refractivity contribution < 1.29 is 28.6 Å². The number of carboxylic acids is 1. The minimum Gasteiger partial charge on any atom is -0.483 e. The highest BCUT2D eigenvalue weighted by atomic mass is 16.5. The maximum absolute atomic E-state index is 12.2. The average molecular weight is 433 g/mol. The van der Waals surface area contributed by atoms with Crippen molar-refractivity contribution in [2.45, 2.75) is 45.6 Å². The van der Waals surface area contributed by atoms with Crippen molar-refractivity contribution in [2.24, 2.45) is 5.73 Å². The second-order valence-corrected chi connectivity index (χ2v) is 7.09. The Morgan fingerprint density at radius 2 is 2.03 bits per heavy atom. The molecule has 0 bridgehead atoms. The lowest BCUT2D eigenvalue weighted by Gasteiger charge is -2.16. The number of aliphatic carboxylic acids is 1. The molecule has 0 radical (unpaired) electrons. The number of nitrogens with one attached hydrogen (secondary N) is 2. The van der Waals surface area contributed by atoms with Crippen LogP contribution in [0.4, 0.5) is 4.79 Å². The predicted molar refractivity (Wildman–Crippen MR) is 113 cm³/mol. The van der Waals surface area contributed by atoms with Gasteiger partial charge in [0.25, 0.3) is 5.91 Å². The summed E-state index contributed by atoms with van der Waals surface area (Å²) in [5.41, 5.74) is 6.36. The van der Waals surface area contributed by atoms with Crippen LogP contribution < -0.4 is 26.7 Å². The molecule has 3 amide bonds. The smallest absolute Gasteiger partial charge is 0.336 e. The molecule has 168 valence electrons. The number of hydrogen-bond acceptors (Lipinski definition) is 6. The number of amides is 3. The highest BCUT2D eigenvalue weighted by Gasteiger charge is 2.20. The zero-order chi connectivity index (χ0) is 23.0. The fourth-order valence-electron chi connectivity index (χ4n) is 3.20. The van der Waals surface area contributed by atoms with E-state index in [0.717, 1.165) is 23.8 Å². The van der Waals surface area contributed by atoms with Crippen LogP contribution in [0, 0.1) is 6.92 Å². The third kappa shape index (κ3) is 6.73. The Bertz CT molecular complexity index is 1020. The van der Waals surface area contributed by atoms with Crippen LogP contribution in [-0.2, 0) is 16.0 Å². The molecule has 0 aliphatic rings. The van der Waals surface area contributed by atoms with Gasteiger partial charge in [-0.2, -0.15) is 0 Å². The zero-order valence-electron chi connectivity index (χ0n) is 17.5. The number of aryl methyl sites for hydroxylation is 2. The van der Waals surface area contributed by atoms with Crippen molar-refractivity contribution in [1.82, 2.24) is 10.6 Å². The molecule has 0 saturated carbocycles. The quantitative estimate of drug-likeness (QED) is 0.308. The highest BCUT2D eigenvalue weighted by Crippen LogP contribution is 2.28. The Morgan fingerprint density at radius 3 is 2.68 bits per heavy atom. The second-order valence-electron chi connectivity index (χ2n) is 7.09. The molecule has 1 heterocycles. The first-order valence-electron chi connectivity index (χ1n) is 9.97. The van der Waals surface area contributed by atoms with Gasteiger partial charge in [0.1, 0.15) is 17.4 Å². The molecular formula is C21H27N3O7. The number of nitrogens with two attached hydrogens (primary N) is 1. The molecule has 0 unspecified atom stereocenters. The molecule has 10 nitrogen and oxygen atoms in total. The summed E-state index contributed by atoms with van der Waals surface area (Å²) in [7, 11) is 0. The summed E-state index contributed by atoms with van der Waals surface area (Å²) in [6, 6.07) is 3.11. The van der Waals surface area contributed by atoms with Gasteiger partial charge in [0.2, 0.25) is 0 Å². The van der Waals surface area contributed by atoms with Gasteiger partial charge < -0.3 is 30.6 Å². The first kappa shape index (κ1) is 23.7. The van der Waals surface area contributed by atoms with E-state index in [-0.39, 0.29) is 13.0 Å². The molecule has 0 fully saturated rings. The molecule has 2 aromatic rings. The predicted octanol–water partition coefficient (Wildman–Crippen LogP) is 1.45. The van der Waals surface area contributed by atoms with Crippen LogP contribution in [0.1, 0.15) is 37.3 Å². The summed E-state index contributed by atoms with van der Waals surface area (Å²) in [6.07, 6.45) is 2.04. The van der Waals surface area contributed by atoms with Crippen LogP contribution >= 0.6 is 0 Å². The number of benzene rings is 1. The van der Waals surface area contributed by atoms with Crippen molar-refractivity contribution in [3.63, 3.8) is 0 Å². The van der Waals surface area contributed by atoms with E-state index in [0.29, 0.717) is 23.3 Å². The topological polar surface area (TPSA) is 161 Å². The average Bonchev–Trinajstić information content (AvgIpc) is 2.70. The summed E-state index contributed by atoms with van der Waals surface area (Å²) in [5, 5.41) is 14.8. The van der Waals surface area contributed by atoms with Crippen molar-refractivity contribution in [1.29, 1.82) is 0 Å². The minimum absolute atomic E-state index is 0.113. The Balaban J connectivity index is 2.03. The zero-order valence-corrected chi connectivity index (χ0v) is 17.5. The lowest BCUT2D eigenvalue weighted by atomic mass is 10.0. The number of hydrogen-bond donors (Lipinski definition) is 4. The number of ether oxygens (including phenoxy) is 1. The third-order valence-corrected chi connectivity index (χ3v) is 4.68. The molecule has 0 spiro atoms. The molecule has 2 rings (SSSR count). The molecule has 10 heteroatoms. The fourth-order valence-corrected chi connectivity index (χ4v) is 3.20. The summed E-state index contributed by atoms with van der Waals surface area (Å²) >= 11 is 0. The van der Waals surface area contributed by atoms with Gasteiger partial charge in [0, 0.05) is 23.6 Å². The summed E-state index contributed by atoms with van der Waals surface area (Å²) in [4.78, 5) is 46.0. The van der Waals surface area contributed by atoms with Crippen LogP contribution in [0.3, 0.4) is 0 Å². The Kier molecular flexibility index (Phi) is 8.42. The minimum atomic E-state index is -1.19. The Hall–Kier alpha value is -3.56. The number of carbonyl (C=O) groups excluding carboxylic acids is 2. The van der Waals surface area contributed by atoms with E-state index < -0.39 is 36.2 Å². The molecule has 1 atom stereocenters. The van der Waals surface area contributed by atoms with E-state index >= 15 is 0 Å². The van der Waals surface area contributed by atoms with E-state index in [4.69, 9.17) is 14.9 Å². The first-order valence-corrected chi connectivity index (χ1v) is 9.97. The monoisotopic (exact) mass is 433 g/mol. The molecule has 5 N–H and O–H groups in total. The molecule has 31 heavy (non-hydrogen) atoms. The number of fused-ring (bicyclic) bond motifs is 1. The van der Waals surface area contributed by atoms with E-state index in [2.05, 4.69) is 10.6 Å². The SMILES string of the molecule is CCCc1cc(=O)oc2c(C)c(OCC(=O)N[C@@H](CCCNC(N)=O)C(=O)O)ccc12. The largest absolute Gasteiger partial charge is 0.483 e.